The van der Waals surface area contributed by atoms with Crippen LogP contribution in [0, 0.1) is 12.8 Å². The highest BCUT2D eigenvalue weighted by Gasteiger charge is 2.29. The number of aryl methyl sites for hydroxylation is 1. The van der Waals surface area contributed by atoms with E-state index < -0.39 is 9.84 Å². The van der Waals surface area contributed by atoms with Crippen molar-refractivity contribution in [3.8, 4) is 5.75 Å². The van der Waals surface area contributed by atoms with E-state index in [9.17, 15) is 13.2 Å². The van der Waals surface area contributed by atoms with Crippen LogP contribution in [-0.4, -0.2) is 48.9 Å². The molecule has 146 valence electrons. The number of anilines is 1. The van der Waals surface area contributed by atoms with Gasteiger partial charge in [0.25, 0.3) is 5.22 Å². The summed E-state index contributed by atoms with van der Waals surface area (Å²) in [4.78, 5) is 12.2. The van der Waals surface area contributed by atoms with Gasteiger partial charge in [0.1, 0.15) is 5.75 Å². The molecule has 8 nitrogen and oxygen atoms in total. The zero-order valence-corrected chi connectivity index (χ0v) is 16.7. The zero-order chi connectivity index (χ0) is 19.4. The van der Waals surface area contributed by atoms with E-state index in [4.69, 9.17) is 9.15 Å². The molecule has 1 aromatic heterocycles. The molecular formula is C17H21N3O5S2. The highest BCUT2D eigenvalue weighted by atomic mass is 32.2. The Morgan fingerprint density at radius 2 is 2.22 bits per heavy atom. The van der Waals surface area contributed by atoms with Gasteiger partial charge in [-0.2, -0.15) is 0 Å². The van der Waals surface area contributed by atoms with Gasteiger partial charge < -0.3 is 14.5 Å². The lowest BCUT2D eigenvalue weighted by Crippen LogP contribution is -2.14. The highest BCUT2D eigenvalue weighted by molar-refractivity contribution is 7.99. The Balaban J connectivity index is 1.51. The summed E-state index contributed by atoms with van der Waals surface area (Å²) in [6.07, 6.45) is 1.06. The molecule has 0 radical (unpaired) electrons. The standard InChI is InChI=1S/C17H21N3O5S2/c1-11-3-4-14(24-2)13(7-11)18-15(21)9-26-17-20-19-16(25-17)8-12-5-6-27(22,23)10-12/h3-4,7,12H,5-6,8-10H2,1-2H3,(H,18,21)/t12-/m0/s1. The molecule has 0 bridgehead atoms. The average molecular weight is 412 g/mol. The van der Waals surface area contributed by atoms with Crippen molar-refractivity contribution in [2.75, 3.05) is 29.7 Å². The van der Waals surface area contributed by atoms with Crippen molar-refractivity contribution in [1.29, 1.82) is 0 Å². The van der Waals surface area contributed by atoms with E-state index in [1.54, 1.807) is 13.2 Å². The number of nitrogens with one attached hydrogen (secondary N) is 1. The minimum atomic E-state index is -2.93. The maximum atomic E-state index is 12.2. The number of rotatable bonds is 7. The third-order valence-electron chi connectivity index (χ3n) is 4.19. The number of amides is 1. The lowest BCUT2D eigenvalue weighted by Gasteiger charge is -2.10. The number of carbonyl (C=O) groups is 1. The number of sulfone groups is 1. The molecule has 1 aliphatic heterocycles. The first-order valence-corrected chi connectivity index (χ1v) is 11.3. The first kappa shape index (κ1) is 19.7. The van der Waals surface area contributed by atoms with Gasteiger partial charge in [-0.1, -0.05) is 17.8 Å². The fourth-order valence-corrected chi connectivity index (χ4v) is 5.33. The summed E-state index contributed by atoms with van der Waals surface area (Å²) < 4.78 is 33.8. The van der Waals surface area contributed by atoms with Crippen LogP contribution in [0.1, 0.15) is 17.9 Å². The molecule has 0 aliphatic carbocycles. The Kier molecular flexibility index (Phi) is 6.05. The normalized spacial score (nSPS) is 18.4. The number of aromatic nitrogens is 2. The molecule has 1 amide bonds. The van der Waals surface area contributed by atoms with Crippen molar-refractivity contribution >= 4 is 33.2 Å². The average Bonchev–Trinajstić information content (AvgIpc) is 3.19. The molecule has 1 atom stereocenters. The molecule has 2 heterocycles. The van der Waals surface area contributed by atoms with Gasteiger partial charge >= 0.3 is 0 Å². The molecule has 0 spiro atoms. The second-order valence-electron chi connectivity index (χ2n) is 6.48. The minimum absolute atomic E-state index is 0.0189. The molecule has 10 heteroatoms. The van der Waals surface area contributed by atoms with Gasteiger partial charge in [0.05, 0.1) is 30.1 Å². The maximum Gasteiger partial charge on any atom is 0.277 e. The van der Waals surface area contributed by atoms with Crippen LogP contribution in [0.15, 0.2) is 27.8 Å². The van der Waals surface area contributed by atoms with Gasteiger partial charge in [-0.25, -0.2) is 8.42 Å². The maximum absolute atomic E-state index is 12.2. The molecule has 0 saturated carbocycles. The first-order chi connectivity index (χ1) is 12.8. The summed E-state index contributed by atoms with van der Waals surface area (Å²) in [5, 5.41) is 11.0. The molecule has 2 aromatic rings. The summed E-state index contributed by atoms with van der Waals surface area (Å²) >= 11 is 1.13. The quantitative estimate of drug-likeness (QED) is 0.690. The number of methoxy groups -OCH3 is 1. The Bertz CT molecular complexity index is 926. The molecule has 1 fully saturated rings. The van der Waals surface area contributed by atoms with E-state index in [0.717, 1.165) is 17.3 Å². The van der Waals surface area contributed by atoms with Crippen LogP contribution in [-0.2, 0) is 21.1 Å². The summed E-state index contributed by atoms with van der Waals surface area (Å²) in [6, 6.07) is 5.53. The summed E-state index contributed by atoms with van der Waals surface area (Å²) in [5.74, 6) is 1.28. The Morgan fingerprint density at radius 1 is 1.41 bits per heavy atom. The fraction of sp³-hybridized carbons (Fsp3) is 0.471. The fourth-order valence-electron chi connectivity index (χ4n) is 2.89. The number of nitrogens with zero attached hydrogens (tertiary/aromatic N) is 2. The van der Waals surface area contributed by atoms with Crippen molar-refractivity contribution in [3.63, 3.8) is 0 Å². The molecule has 27 heavy (non-hydrogen) atoms. The summed E-state index contributed by atoms with van der Waals surface area (Å²) in [5.41, 5.74) is 1.62. The number of ether oxygens (including phenoxy) is 1. The van der Waals surface area contributed by atoms with E-state index in [0.29, 0.717) is 30.2 Å². The molecule has 3 rings (SSSR count). The molecular weight excluding hydrogens is 390 g/mol. The Hall–Kier alpha value is -2.07. The zero-order valence-electron chi connectivity index (χ0n) is 15.1. The van der Waals surface area contributed by atoms with E-state index in [1.165, 1.54) is 0 Å². The number of thioether (sulfide) groups is 1. The van der Waals surface area contributed by atoms with Crippen molar-refractivity contribution in [2.45, 2.75) is 25.0 Å². The molecule has 1 aromatic carbocycles. The molecule has 1 aliphatic rings. The van der Waals surface area contributed by atoms with Crippen LogP contribution in [0.4, 0.5) is 5.69 Å². The summed E-state index contributed by atoms with van der Waals surface area (Å²) in [7, 11) is -1.38. The lowest BCUT2D eigenvalue weighted by atomic mass is 10.1. The van der Waals surface area contributed by atoms with E-state index in [2.05, 4.69) is 15.5 Å². The van der Waals surface area contributed by atoms with Crippen molar-refractivity contribution in [1.82, 2.24) is 10.2 Å². The van der Waals surface area contributed by atoms with Gasteiger partial charge in [-0.05, 0) is 37.0 Å². The second kappa shape index (κ2) is 8.30. The van der Waals surface area contributed by atoms with Crippen LogP contribution in [0.5, 0.6) is 5.75 Å². The van der Waals surface area contributed by atoms with E-state index >= 15 is 0 Å². The van der Waals surface area contributed by atoms with Crippen LogP contribution in [0.3, 0.4) is 0 Å². The van der Waals surface area contributed by atoms with Gasteiger partial charge in [0, 0.05) is 6.42 Å². The third-order valence-corrected chi connectivity index (χ3v) is 6.85. The first-order valence-electron chi connectivity index (χ1n) is 8.45. The predicted molar refractivity (Wildman–Crippen MR) is 102 cm³/mol. The molecule has 0 unspecified atom stereocenters. The monoisotopic (exact) mass is 411 g/mol. The largest absolute Gasteiger partial charge is 0.495 e. The molecule has 1 saturated heterocycles. The topological polar surface area (TPSA) is 111 Å². The number of hydrogen-bond donors (Lipinski definition) is 1. The number of carbonyl (C=O) groups excluding carboxylic acids is 1. The van der Waals surface area contributed by atoms with Gasteiger partial charge in [-0.15, -0.1) is 10.2 Å². The van der Waals surface area contributed by atoms with Crippen molar-refractivity contribution in [3.05, 3.63) is 29.7 Å². The SMILES string of the molecule is COc1ccc(C)cc1NC(=O)CSc1nnc(C[C@@H]2CCS(=O)(=O)C2)o1. The van der Waals surface area contributed by atoms with Crippen LogP contribution in [0.25, 0.3) is 0 Å². The number of benzene rings is 1. The third kappa shape index (κ3) is 5.46. The Morgan fingerprint density at radius 3 is 2.93 bits per heavy atom. The van der Waals surface area contributed by atoms with E-state index in [1.807, 2.05) is 19.1 Å². The Labute approximate surface area is 162 Å². The van der Waals surface area contributed by atoms with Gasteiger partial charge in [0.2, 0.25) is 11.8 Å². The van der Waals surface area contributed by atoms with Crippen LogP contribution in [0.2, 0.25) is 0 Å². The van der Waals surface area contributed by atoms with Gasteiger partial charge in [0.15, 0.2) is 9.84 Å². The van der Waals surface area contributed by atoms with E-state index in [-0.39, 0.29) is 34.3 Å². The van der Waals surface area contributed by atoms with Crippen LogP contribution >= 0.6 is 11.8 Å². The van der Waals surface area contributed by atoms with Crippen molar-refractivity contribution in [2.24, 2.45) is 5.92 Å². The lowest BCUT2D eigenvalue weighted by molar-refractivity contribution is -0.113. The summed E-state index contributed by atoms with van der Waals surface area (Å²) in [6.45, 7) is 1.93. The second-order valence-corrected chi connectivity index (χ2v) is 9.63. The van der Waals surface area contributed by atoms with Crippen LogP contribution < -0.4 is 10.1 Å². The predicted octanol–water partition coefficient (Wildman–Crippen LogP) is 2.09. The van der Waals surface area contributed by atoms with Crippen molar-refractivity contribution < 1.29 is 22.4 Å². The minimum Gasteiger partial charge on any atom is -0.495 e. The smallest absolute Gasteiger partial charge is 0.277 e. The highest BCUT2D eigenvalue weighted by Crippen LogP contribution is 2.26. The van der Waals surface area contributed by atoms with Gasteiger partial charge in [-0.3, -0.25) is 4.79 Å². The number of hydrogen-bond acceptors (Lipinski definition) is 8. The molecule has 1 N–H and O–H groups in total.